The number of aromatic nitrogens is 1. The van der Waals surface area contributed by atoms with Gasteiger partial charge in [-0.2, -0.15) is 0 Å². The number of hydrogen-bond donors (Lipinski definition) is 0. The maximum atomic E-state index is 11.8. The van der Waals surface area contributed by atoms with Crippen LogP contribution >= 0.6 is 11.3 Å². The average molecular weight is 235 g/mol. The molecule has 0 spiro atoms. The minimum absolute atomic E-state index is 0.0122. The van der Waals surface area contributed by atoms with Gasteiger partial charge in [0.2, 0.25) is 5.78 Å². The second kappa shape index (κ2) is 4.22. The van der Waals surface area contributed by atoms with Crippen LogP contribution < -0.4 is 0 Å². The first-order valence-corrected chi connectivity index (χ1v) is 5.90. The lowest BCUT2D eigenvalue weighted by Gasteiger charge is -1.93. The molecule has 0 unspecified atom stereocenters. The lowest BCUT2D eigenvalue weighted by molar-refractivity contribution is 0.0965. The highest BCUT2D eigenvalue weighted by molar-refractivity contribution is 7.11. The Morgan fingerprint density at radius 3 is 2.62 bits per heavy atom. The van der Waals surface area contributed by atoms with E-state index >= 15 is 0 Å². The highest BCUT2D eigenvalue weighted by Crippen LogP contribution is 2.18. The third kappa shape index (κ3) is 2.22. The van der Waals surface area contributed by atoms with E-state index in [1.54, 1.807) is 23.5 Å². The van der Waals surface area contributed by atoms with Crippen LogP contribution in [0.2, 0.25) is 0 Å². The Morgan fingerprint density at radius 1 is 1.38 bits per heavy atom. The Balaban J connectivity index is 2.13. The summed E-state index contributed by atoms with van der Waals surface area (Å²) in [6.07, 6.45) is 0.326. The maximum Gasteiger partial charge on any atom is 0.204 e. The molecule has 0 bridgehead atoms. The molecule has 0 aliphatic carbocycles. The van der Waals surface area contributed by atoms with Gasteiger partial charge in [-0.25, -0.2) is 4.98 Å². The molecule has 0 saturated carbocycles. The molecule has 0 fully saturated rings. The van der Waals surface area contributed by atoms with Crippen LogP contribution in [0.3, 0.4) is 0 Å². The highest BCUT2D eigenvalue weighted by atomic mass is 32.1. The summed E-state index contributed by atoms with van der Waals surface area (Å²) < 4.78 is 5.28. The maximum absolute atomic E-state index is 11.8. The molecule has 0 aliphatic rings. The lowest BCUT2D eigenvalue weighted by atomic mass is 10.2. The number of furan rings is 1. The minimum atomic E-state index is -0.0122. The number of hydrogen-bond acceptors (Lipinski definition) is 4. The number of nitrogens with zero attached hydrogens (tertiary/aromatic N) is 1. The van der Waals surface area contributed by atoms with E-state index in [4.69, 9.17) is 4.42 Å². The predicted octanol–water partition coefficient (Wildman–Crippen LogP) is 3.09. The number of rotatable bonds is 3. The van der Waals surface area contributed by atoms with Crippen molar-refractivity contribution in [3.05, 3.63) is 39.2 Å². The number of aryl methyl sites for hydroxylation is 3. The largest absolute Gasteiger partial charge is 0.458 e. The first-order chi connectivity index (χ1) is 7.56. The molecule has 16 heavy (non-hydrogen) atoms. The van der Waals surface area contributed by atoms with E-state index in [-0.39, 0.29) is 5.78 Å². The molecular weight excluding hydrogens is 222 g/mol. The standard InChI is InChI=1S/C12H13NO2S/c1-7-4-5-11(15-7)10(14)6-12-13-8(2)9(3)16-12/h4-5H,6H2,1-3H3. The van der Waals surface area contributed by atoms with Crippen LogP contribution in [0.1, 0.15) is 31.9 Å². The van der Waals surface area contributed by atoms with Crippen LogP contribution in [0.25, 0.3) is 0 Å². The zero-order valence-electron chi connectivity index (χ0n) is 9.53. The molecule has 2 aromatic rings. The molecular formula is C12H13NO2S. The average Bonchev–Trinajstić information content (AvgIpc) is 2.75. The fourth-order valence-corrected chi connectivity index (χ4v) is 2.36. The van der Waals surface area contributed by atoms with Gasteiger partial charge in [0.15, 0.2) is 5.76 Å². The highest BCUT2D eigenvalue weighted by Gasteiger charge is 2.13. The van der Waals surface area contributed by atoms with Crippen LogP contribution in [0.15, 0.2) is 16.5 Å². The van der Waals surface area contributed by atoms with Gasteiger partial charge < -0.3 is 4.42 Å². The van der Waals surface area contributed by atoms with Gasteiger partial charge in [0.05, 0.1) is 12.1 Å². The summed E-state index contributed by atoms with van der Waals surface area (Å²) in [6.45, 7) is 5.79. The smallest absolute Gasteiger partial charge is 0.204 e. The zero-order chi connectivity index (χ0) is 11.7. The Hall–Kier alpha value is -1.42. The summed E-state index contributed by atoms with van der Waals surface area (Å²) >= 11 is 1.57. The first kappa shape index (κ1) is 11.1. The fourth-order valence-electron chi connectivity index (χ4n) is 1.42. The number of carbonyl (C=O) groups is 1. The van der Waals surface area contributed by atoms with Gasteiger partial charge >= 0.3 is 0 Å². The molecule has 3 nitrogen and oxygen atoms in total. The quantitative estimate of drug-likeness (QED) is 0.768. The van der Waals surface area contributed by atoms with E-state index in [0.717, 1.165) is 16.5 Å². The lowest BCUT2D eigenvalue weighted by Crippen LogP contribution is -2.01. The van der Waals surface area contributed by atoms with E-state index in [0.29, 0.717) is 12.2 Å². The number of Topliss-reactive ketones (excluding diaryl/α,β-unsaturated/α-hetero) is 1. The van der Waals surface area contributed by atoms with E-state index in [2.05, 4.69) is 4.98 Å². The van der Waals surface area contributed by atoms with Crippen molar-refractivity contribution in [3.63, 3.8) is 0 Å². The molecule has 0 amide bonds. The van der Waals surface area contributed by atoms with E-state index < -0.39 is 0 Å². The van der Waals surface area contributed by atoms with Crippen LogP contribution in [-0.4, -0.2) is 10.8 Å². The number of carbonyl (C=O) groups excluding carboxylic acids is 1. The molecule has 0 radical (unpaired) electrons. The van der Waals surface area contributed by atoms with Crippen molar-refractivity contribution in [2.24, 2.45) is 0 Å². The summed E-state index contributed by atoms with van der Waals surface area (Å²) in [4.78, 5) is 17.3. The fraction of sp³-hybridized carbons (Fsp3) is 0.333. The van der Waals surface area contributed by atoms with E-state index in [9.17, 15) is 4.79 Å². The van der Waals surface area contributed by atoms with Crippen LogP contribution in [0, 0.1) is 20.8 Å². The van der Waals surface area contributed by atoms with Crippen LogP contribution in [-0.2, 0) is 6.42 Å². The van der Waals surface area contributed by atoms with Gasteiger partial charge in [0.1, 0.15) is 10.8 Å². The van der Waals surface area contributed by atoms with Crippen molar-refractivity contribution < 1.29 is 9.21 Å². The van der Waals surface area contributed by atoms with Gasteiger partial charge in [-0.05, 0) is 32.9 Å². The normalized spacial score (nSPS) is 10.7. The van der Waals surface area contributed by atoms with Gasteiger partial charge in [-0.3, -0.25) is 4.79 Å². The number of ketones is 1. The summed E-state index contributed by atoms with van der Waals surface area (Å²) in [6, 6.07) is 3.51. The first-order valence-electron chi connectivity index (χ1n) is 5.09. The Bertz CT molecular complexity index is 505. The number of thiazole rings is 1. The monoisotopic (exact) mass is 235 g/mol. The SMILES string of the molecule is Cc1ccc(C(=O)Cc2nc(C)c(C)s2)o1. The molecule has 0 atom stereocenters. The van der Waals surface area contributed by atoms with Gasteiger partial charge in [0.25, 0.3) is 0 Å². The van der Waals surface area contributed by atoms with E-state index in [1.807, 2.05) is 20.8 Å². The predicted molar refractivity (Wildman–Crippen MR) is 63.1 cm³/mol. The van der Waals surface area contributed by atoms with Crippen LogP contribution in [0.4, 0.5) is 0 Å². The van der Waals surface area contributed by atoms with E-state index in [1.165, 1.54) is 4.88 Å². The molecule has 0 aliphatic heterocycles. The molecule has 4 heteroatoms. The molecule has 2 heterocycles. The molecule has 84 valence electrons. The molecule has 0 aromatic carbocycles. The summed E-state index contributed by atoms with van der Waals surface area (Å²) in [5, 5.41) is 0.856. The molecule has 0 N–H and O–H groups in total. The van der Waals surface area contributed by atoms with Gasteiger partial charge in [-0.15, -0.1) is 11.3 Å². The van der Waals surface area contributed by atoms with Crippen molar-refractivity contribution in [3.8, 4) is 0 Å². The Kier molecular flexibility index (Phi) is 2.92. The van der Waals surface area contributed by atoms with Crippen LogP contribution in [0.5, 0.6) is 0 Å². The van der Waals surface area contributed by atoms with Crippen molar-refractivity contribution in [2.75, 3.05) is 0 Å². The third-order valence-electron chi connectivity index (χ3n) is 2.40. The Labute approximate surface area is 98.1 Å². The summed E-state index contributed by atoms with van der Waals surface area (Å²) in [5.41, 5.74) is 1.00. The zero-order valence-corrected chi connectivity index (χ0v) is 10.4. The Morgan fingerprint density at radius 2 is 2.12 bits per heavy atom. The molecule has 2 rings (SSSR count). The second-order valence-electron chi connectivity index (χ2n) is 3.76. The van der Waals surface area contributed by atoms with Crippen molar-refractivity contribution in [1.29, 1.82) is 0 Å². The van der Waals surface area contributed by atoms with Gasteiger partial charge in [-0.1, -0.05) is 0 Å². The third-order valence-corrected chi connectivity index (χ3v) is 3.47. The minimum Gasteiger partial charge on any atom is -0.458 e. The van der Waals surface area contributed by atoms with Crippen molar-refractivity contribution in [2.45, 2.75) is 27.2 Å². The van der Waals surface area contributed by atoms with Crippen molar-refractivity contribution in [1.82, 2.24) is 4.98 Å². The second-order valence-corrected chi connectivity index (χ2v) is 5.05. The van der Waals surface area contributed by atoms with Gasteiger partial charge in [0, 0.05) is 4.88 Å². The molecule has 0 saturated heterocycles. The van der Waals surface area contributed by atoms with Crippen molar-refractivity contribution >= 4 is 17.1 Å². The summed E-state index contributed by atoms with van der Waals surface area (Å²) in [7, 11) is 0. The topological polar surface area (TPSA) is 43.1 Å². The summed E-state index contributed by atoms with van der Waals surface area (Å²) in [5.74, 6) is 1.17. The molecule has 2 aromatic heterocycles.